The summed E-state index contributed by atoms with van der Waals surface area (Å²) in [4.78, 5) is 54.2. The molecule has 2 rings (SSSR count). The molecule has 0 saturated carbocycles. The van der Waals surface area contributed by atoms with E-state index in [9.17, 15) is 32.1 Å². The van der Waals surface area contributed by atoms with Gasteiger partial charge in [0.15, 0.2) is 21.1 Å². The predicted molar refractivity (Wildman–Crippen MR) is 94.4 cm³/mol. The monoisotopic (exact) mass is 488 g/mol. The van der Waals surface area contributed by atoms with Crippen LogP contribution in [0.25, 0.3) is 0 Å². The maximum atomic E-state index is 12.5. The average Bonchev–Trinajstić information content (AvgIpc) is 3.04. The summed E-state index contributed by atoms with van der Waals surface area (Å²) >= 11 is 0.911. The van der Waals surface area contributed by atoms with Gasteiger partial charge < -0.3 is 36.0 Å². The van der Waals surface area contributed by atoms with E-state index >= 15 is 0 Å². The molecule has 0 unspecified atom stereocenters. The Labute approximate surface area is 199 Å². The molecule has 6 N–H and O–H groups in total. The molecule has 1 aliphatic rings. The SMILES string of the molecule is NC(=O)OC[C@@H]1[C@H](NC(=O)/C(=N/OCC(=O)O)c2csc(N)n2)C(=O)N1S(=O)(=O)[O-].[Na+]. The van der Waals surface area contributed by atoms with Crippen molar-refractivity contribution >= 4 is 56.4 Å². The number of β-lactam (4-membered cyclic amide) rings is 1. The molecule has 1 aromatic rings. The van der Waals surface area contributed by atoms with Gasteiger partial charge in [-0.05, 0) is 0 Å². The van der Waals surface area contributed by atoms with Gasteiger partial charge in [-0.3, -0.25) is 9.59 Å². The molecule has 3 amide bonds. The first kappa shape index (κ1) is 26.5. The molecule has 1 fully saturated rings. The van der Waals surface area contributed by atoms with Crippen molar-refractivity contribution < 1.29 is 76.4 Å². The van der Waals surface area contributed by atoms with Gasteiger partial charge in [-0.15, -0.1) is 11.3 Å². The Morgan fingerprint density at radius 3 is 2.55 bits per heavy atom. The number of nitrogen functional groups attached to an aromatic ring is 1. The number of nitrogens with two attached hydrogens (primary N) is 2. The summed E-state index contributed by atoms with van der Waals surface area (Å²) in [5.74, 6) is -3.85. The van der Waals surface area contributed by atoms with E-state index in [0.717, 1.165) is 11.3 Å². The Morgan fingerprint density at radius 2 is 2.06 bits per heavy atom. The molecule has 0 radical (unpaired) electrons. The van der Waals surface area contributed by atoms with E-state index in [0.29, 0.717) is 0 Å². The van der Waals surface area contributed by atoms with E-state index in [4.69, 9.17) is 16.6 Å². The number of carboxylic acids is 1. The van der Waals surface area contributed by atoms with Crippen molar-refractivity contribution in [3.8, 4) is 0 Å². The smallest absolute Gasteiger partial charge is 0.731 e. The first-order chi connectivity index (χ1) is 13.9. The van der Waals surface area contributed by atoms with Crippen LogP contribution in [-0.2, 0) is 34.3 Å². The number of carbonyl (C=O) groups is 4. The van der Waals surface area contributed by atoms with E-state index in [1.54, 1.807) is 0 Å². The van der Waals surface area contributed by atoms with E-state index in [-0.39, 0.29) is 44.7 Å². The minimum Gasteiger partial charge on any atom is -0.731 e. The van der Waals surface area contributed by atoms with Crippen LogP contribution in [0.2, 0.25) is 0 Å². The van der Waals surface area contributed by atoms with Crippen LogP contribution >= 0.6 is 11.3 Å². The van der Waals surface area contributed by atoms with Gasteiger partial charge in [0.2, 0.25) is 6.61 Å². The molecule has 1 aliphatic heterocycles. The molecule has 31 heavy (non-hydrogen) atoms. The van der Waals surface area contributed by atoms with Gasteiger partial charge in [-0.1, -0.05) is 5.16 Å². The van der Waals surface area contributed by atoms with Crippen LogP contribution in [-0.4, -0.2) is 82.3 Å². The Bertz CT molecular complexity index is 1010. The fourth-order valence-corrected chi connectivity index (χ4v) is 3.64. The molecule has 1 aromatic heterocycles. The number of oxime groups is 1. The van der Waals surface area contributed by atoms with Crippen molar-refractivity contribution in [3.05, 3.63) is 11.1 Å². The number of aromatic nitrogens is 1. The molecule has 0 spiro atoms. The molecule has 2 atom stereocenters. The third kappa shape index (κ3) is 6.74. The van der Waals surface area contributed by atoms with E-state index in [2.05, 4.69) is 25.0 Å². The zero-order valence-corrected chi connectivity index (χ0v) is 19.2. The number of carboxylic acid groups (broad SMARTS) is 1. The van der Waals surface area contributed by atoms with Crippen LogP contribution in [0.3, 0.4) is 0 Å². The van der Waals surface area contributed by atoms with Crippen LogP contribution in [0.4, 0.5) is 9.93 Å². The second-order valence-electron chi connectivity index (χ2n) is 5.42. The van der Waals surface area contributed by atoms with Crippen molar-refractivity contribution in [3.63, 3.8) is 0 Å². The molecule has 1 saturated heterocycles. The average molecular weight is 488 g/mol. The molecule has 2 heterocycles. The largest absolute Gasteiger partial charge is 1.00 e. The number of anilines is 1. The van der Waals surface area contributed by atoms with Crippen LogP contribution in [0.1, 0.15) is 5.69 Å². The normalized spacial score (nSPS) is 18.4. The molecule has 0 aromatic carbocycles. The Hall–Kier alpha value is -2.51. The van der Waals surface area contributed by atoms with Gasteiger partial charge in [0.1, 0.15) is 24.4 Å². The third-order valence-corrected chi connectivity index (χ3v) is 5.02. The van der Waals surface area contributed by atoms with Gasteiger partial charge in [-0.25, -0.2) is 27.3 Å². The van der Waals surface area contributed by atoms with Crippen molar-refractivity contribution in [1.82, 2.24) is 14.6 Å². The molecule has 0 bridgehead atoms. The Kier molecular flexibility index (Phi) is 9.14. The summed E-state index contributed by atoms with van der Waals surface area (Å²) in [6.45, 7) is -1.71. The van der Waals surface area contributed by atoms with Crippen molar-refractivity contribution in [2.24, 2.45) is 10.9 Å². The minimum absolute atomic E-state index is 0. The first-order valence-corrected chi connectivity index (χ1v) is 9.81. The number of primary amides is 1. The number of thiazole rings is 1. The summed E-state index contributed by atoms with van der Waals surface area (Å²) in [5.41, 5.74) is 9.53. The quantitative estimate of drug-likeness (QED) is 0.0832. The zero-order chi connectivity index (χ0) is 22.6. The van der Waals surface area contributed by atoms with Gasteiger partial charge in [0.25, 0.3) is 11.8 Å². The summed E-state index contributed by atoms with van der Waals surface area (Å²) in [7, 11) is -5.27. The van der Waals surface area contributed by atoms with E-state index in [1.807, 2.05) is 0 Å². The number of hydrogen-bond acceptors (Lipinski definition) is 13. The maximum absolute atomic E-state index is 12.5. The summed E-state index contributed by atoms with van der Waals surface area (Å²) < 4.78 is 37.9. The van der Waals surface area contributed by atoms with Gasteiger partial charge in [0, 0.05) is 5.38 Å². The van der Waals surface area contributed by atoms with E-state index < -0.39 is 65.2 Å². The number of nitrogens with one attached hydrogen (secondary N) is 1. The number of rotatable bonds is 9. The number of aliphatic carboxylic acids is 1. The van der Waals surface area contributed by atoms with Crippen LogP contribution in [0.5, 0.6) is 0 Å². The van der Waals surface area contributed by atoms with Crippen LogP contribution < -0.4 is 46.3 Å². The summed E-state index contributed by atoms with van der Waals surface area (Å²) in [5, 5.41) is 15.3. The van der Waals surface area contributed by atoms with Crippen molar-refractivity contribution in [2.45, 2.75) is 12.1 Å². The Balaban J connectivity index is 0.00000480. The van der Waals surface area contributed by atoms with Crippen LogP contribution in [0.15, 0.2) is 10.5 Å². The summed E-state index contributed by atoms with van der Waals surface area (Å²) in [6, 6.07) is -3.18. The minimum atomic E-state index is -5.27. The zero-order valence-electron chi connectivity index (χ0n) is 15.6. The number of nitrogens with zero attached hydrogens (tertiary/aromatic N) is 3. The molecule has 16 nitrogen and oxygen atoms in total. The molecular formula is C12H13N6NaO10S2. The second-order valence-corrected chi connectivity index (χ2v) is 7.56. The van der Waals surface area contributed by atoms with Crippen molar-refractivity contribution in [2.75, 3.05) is 18.9 Å². The number of carbonyl (C=O) groups excluding carboxylic acids is 3. The second kappa shape index (κ2) is 10.7. The molecule has 164 valence electrons. The standard InChI is InChI=1S/C12H14N6O10S2.Na/c13-11-15-4(3-29-11)7(17-28-2-6(19)20)9(21)16-8-5(1-27-12(14)23)18(10(8)22)30(24,25)26;/h3,5,8H,1-2H2,(H2,13,15)(H2,14,23)(H,16,21)(H,19,20)(H,24,25,26);/q;+1/p-1/b17-7+;/t5-,8+;/m1./s1. The Morgan fingerprint density at radius 1 is 1.42 bits per heavy atom. The first-order valence-electron chi connectivity index (χ1n) is 7.57. The topological polar surface area (TPSA) is 257 Å². The fraction of sp³-hybridized carbons (Fsp3) is 0.333. The number of ether oxygens (including phenoxy) is 1. The third-order valence-electron chi connectivity index (χ3n) is 3.42. The number of amides is 3. The fourth-order valence-electron chi connectivity index (χ4n) is 2.25. The van der Waals surface area contributed by atoms with E-state index in [1.165, 1.54) is 5.38 Å². The molecule has 0 aliphatic carbocycles. The van der Waals surface area contributed by atoms with Gasteiger partial charge in [-0.2, -0.15) is 0 Å². The maximum Gasteiger partial charge on any atom is 1.00 e. The molecule has 19 heteroatoms. The number of hydrogen-bond donors (Lipinski definition) is 4. The van der Waals surface area contributed by atoms with Crippen LogP contribution in [0, 0.1) is 0 Å². The molecular weight excluding hydrogens is 475 g/mol. The van der Waals surface area contributed by atoms with Gasteiger partial charge in [0.05, 0.1) is 0 Å². The van der Waals surface area contributed by atoms with Gasteiger partial charge >= 0.3 is 41.6 Å². The van der Waals surface area contributed by atoms with Crippen molar-refractivity contribution in [1.29, 1.82) is 0 Å². The predicted octanol–water partition coefficient (Wildman–Crippen LogP) is -6.21. The summed E-state index contributed by atoms with van der Waals surface area (Å²) in [6.07, 6.45) is -1.31.